The number of hydrogen-bond acceptors (Lipinski definition) is 1. The maximum absolute atomic E-state index is 5.96. The molecule has 0 amide bonds. The first-order chi connectivity index (χ1) is 8.09. The van der Waals surface area contributed by atoms with Crippen molar-refractivity contribution in [3.8, 4) is 0 Å². The number of aromatic nitrogens is 1. The first-order valence-electron chi connectivity index (χ1n) is 6.35. The monoisotopic (exact) mass is 228 g/mol. The molecule has 2 aromatic rings. The average Bonchev–Trinajstić information content (AvgIpc) is 3.04. The van der Waals surface area contributed by atoms with Crippen LogP contribution in [0.15, 0.2) is 18.3 Å². The lowest BCUT2D eigenvalue weighted by atomic mass is 9.94. The van der Waals surface area contributed by atoms with Gasteiger partial charge in [-0.1, -0.05) is 12.1 Å². The van der Waals surface area contributed by atoms with Gasteiger partial charge in [0.2, 0.25) is 0 Å². The van der Waals surface area contributed by atoms with Crippen molar-refractivity contribution in [2.24, 2.45) is 12.8 Å². The largest absolute Gasteiger partial charge is 0.350 e. The van der Waals surface area contributed by atoms with E-state index in [-0.39, 0.29) is 5.41 Å². The van der Waals surface area contributed by atoms with Crippen LogP contribution in [0.2, 0.25) is 0 Å². The topological polar surface area (TPSA) is 30.9 Å². The molecule has 0 spiro atoms. The SMILES string of the molecule is Cc1ccc2c(C3(CN)CC3)cn(C)c2c1C. The lowest BCUT2D eigenvalue weighted by molar-refractivity contribution is 0.706. The Balaban J connectivity index is 2.33. The van der Waals surface area contributed by atoms with E-state index in [4.69, 9.17) is 5.73 Å². The second-order valence-corrected chi connectivity index (χ2v) is 5.54. The zero-order valence-corrected chi connectivity index (χ0v) is 10.9. The molecular formula is C15H20N2. The summed E-state index contributed by atoms with van der Waals surface area (Å²) in [5.74, 6) is 0. The number of nitrogens with zero attached hydrogens (tertiary/aromatic N) is 1. The molecule has 1 fully saturated rings. The van der Waals surface area contributed by atoms with Crippen molar-refractivity contribution in [2.75, 3.05) is 6.54 Å². The predicted molar refractivity (Wildman–Crippen MR) is 72.4 cm³/mol. The van der Waals surface area contributed by atoms with Crippen molar-refractivity contribution >= 4 is 10.9 Å². The summed E-state index contributed by atoms with van der Waals surface area (Å²) >= 11 is 0. The van der Waals surface area contributed by atoms with E-state index in [1.54, 1.807) is 0 Å². The molecule has 1 aromatic carbocycles. The van der Waals surface area contributed by atoms with Crippen LogP contribution in [-0.2, 0) is 12.5 Å². The molecule has 0 radical (unpaired) electrons. The number of benzene rings is 1. The molecule has 2 N–H and O–H groups in total. The molecule has 0 saturated heterocycles. The van der Waals surface area contributed by atoms with Crippen LogP contribution in [0.3, 0.4) is 0 Å². The Morgan fingerprint density at radius 3 is 2.59 bits per heavy atom. The number of aryl methyl sites for hydroxylation is 3. The van der Waals surface area contributed by atoms with Gasteiger partial charge in [-0.15, -0.1) is 0 Å². The molecule has 90 valence electrons. The summed E-state index contributed by atoms with van der Waals surface area (Å²) in [5, 5.41) is 1.40. The average molecular weight is 228 g/mol. The Kier molecular flexibility index (Phi) is 2.14. The van der Waals surface area contributed by atoms with Gasteiger partial charge in [0.25, 0.3) is 0 Å². The van der Waals surface area contributed by atoms with Gasteiger partial charge in [-0.2, -0.15) is 0 Å². The van der Waals surface area contributed by atoms with E-state index in [0.717, 1.165) is 6.54 Å². The van der Waals surface area contributed by atoms with Gasteiger partial charge in [-0.3, -0.25) is 0 Å². The van der Waals surface area contributed by atoms with Crippen molar-refractivity contribution in [3.05, 3.63) is 35.0 Å². The number of nitrogens with two attached hydrogens (primary N) is 1. The van der Waals surface area contributed by atoms with E-state index in [1.165, 1.54) is 40.4 Å². The predicted octanol–water partition coefficient (Wildman–Crippen LogP) is 2.79. The highest BCUT2D eigenvalue weighted by Crippen LogP contribution is 2.50. The summed E-state index contributed by atoms with van der Waals surface area (Å²) in [6, 6.07) is 4.50. The van der Waals surface area contributed by atoms with E-state index < -0.39 is 0 Å². The number of hydrogen-bond donors (Lipinski definition) is 1. The lowest BCUT2D eigenvalue weighted by Crippen LogP contribution is -2.19. The Hall–Kier alpha value is -1.28. The van der Waals surface area contributed by atoms with Gasteiger partial charge in [0.1, 0.15) is 0 Å². The molecule has 2 heteroatoms. The van der Waals surface area contributed by atoms with Crippen LogP contribution in [0.25, 0.3) is 10.9 Å². The Morgan fingerprint density at radius 1 is 1.29 bits per heavy atom. The van der Waals surface area contributed by atoms with Crippen molar-refractivity contribution < 1.29 is 0 Å². The van der Waals surface area contributed by atoms with Crippen molar-refractivity contribution in [1.82, 2.24) is 4.57 Å². The van der Waals surface area contributed by atoms with Crippen LogP contribution in [0.5, 0.6) is 0 Å². The molecule has 17 heavy (non-hydrogen) atoms. The maximum Gasteiger partial charge on any atom is 0.0513 e. The molecule has 0 bridgehead atoms. The highest BCUT2D eigenvalue weighted by Gasteiger charge is 2.44. The van der Waals surface area contributed by atoms with Gasteiger partial charge in [-0.25, -0.2) is 0 Å². The standard InChI is InChI=1S/C15H20N2/c1-10-4-5-12-13(15(9-16)6-7-15)8-17(3)14(12)11(10)2/h4-5,8H,6-7,9,16H2,1-3H3. The van der Waals surface area contributed by atoms with E-state index in [9.17, 15) is 0 Å². The number of rotatable bonds is 2. The molecule has 1 heterocycles. The van der Waals surface area contributed by atoms with Crippen molar-refractivity contribution in [1.29, 1.82) is 0 Å². The van der Waals surface area contributed by atoms with Crippen LogP contribution in [0.4, 0.5) is 0 Å². The van der Waals surface area contributed by atoms with Crippen LogP contribution in [0, 0.1) is 13.8 Å². The minimum absolute atomic E-state index is 0.279. The summed E-state index contributed by atoms with van der Waals surface area (Å²) < 4.78 is 2.27. The zero-order chi connectivity index (χ0) is 12.2. The second-order valence-electron chi connectivity index (χ2n) is 5.54. The first-order valence-corrected chi connectivity index (χ1v) is 6.35. The molecular weight excluding hydrogens is 208 g/mol. The highest BCUT2D eigenvalue weighted by atomic mass is 14.9. The van der Waals surface area contributed by atoms with E-state index >= 15 is 0 Å². The Morgan fingerprint density at radius 2 is 2.00 bits per heavy atom. The molecule has 1 aromatic heterocycles. The quantitative estimate of drug-likeness (QED) is 0.842. The smallest absolute Gasteiger partial charge is 0.0513 e. The third-order valence-electron chi connectivity index (χ3n) is 4.48. The second kappa shape index (κ2) is 3.36. The molecule has 0 atom stereocenters. The van der Waals surface area contributed by atoms with Gasteiger partial charge in [0.05, 0.1) is 5.52 Å². The summed E-state index contributed by atoms with van der Waals surface area (Å²) in [6.07, 6.45) is 4.78. The molecule has 1 aliphatic rings. The fraction of sp³-hybridized carbons (Fsp3) is 0.467. The third-order valence-corrected chi connectivity index (χ3v) is 4.48. The normalized spacial score (nSPS) is 17.6. The highest BCUT2D eigenvalue weighted by molar-refractivity contribution is 5.89. The Bertz CT molecular complexity index is 588. The summed E-state index contributed by atoms with van der Waals surface area (Å²) in [6.45, 7) is 5.17. The van der Waals surface area contributed by atoms with Crippen LogP contribution >= 0.6 is 0 Å². The van der Waals surface area contributed by atoms with E-state index in [2.05, 4.69) is 43.8 Å². The van der Waals surface area contributed by atoms with Gasteiger partial charge in [0, 0.05) is 30.6 Å². The van der Waals surface area contributed by atoms with Crippen molar-refractivity contribution in [2.45, 2.75) is 32.1 Å². The first kappa shape index (κ1) is 10.8. The van der Waals surface area contributed by atoms with E-state index in [1.807, 2.05) is 0 Å². The molecule has 0 aliphatic heterocycles. The van der Waals surface area contributed by atoms with Crippen LogP contribution < -0.4 is 5.73 Å². The molecule has 2 nitrogen and oxygen atoms in total. The van der Waals surface area contributed by atoms with Crippen molar-refractivity contribution in [3.63, 3.8) is 0 Å². The molecule has 0 unspecified atom stereocenters. The van der Waals surface area contributed by atoms with Gasteiger partial charge >= 0.3 is 0 Å². The summed E-state index contributed by atoms with van der Waals surface area (Å²) in [4.78, 5) is 0. The summed E-state index contributed by atoms with van der Waals surface area (Å²) in [7, 11) is 2.14. The lowest BCUT2D eigenvalue weighted by Gasteiger charge is -2.11. The summed E-state index contributed by atoms with van der Waals surface area (Å²) in [5.41, 5.74) is 11.8. The maximum atomic E-state index is 5.96. The number of fused-ring (bicyclic) bond motifs is 1. The molecule has 1 aliphatic carbocycles. The molecule has 1 saturated carbocycles. The van der Waals surface area contributed by atoms with Crippen LogP contribution in [-0.4, -0.2) is 11.1 Å². The fourth-order valence-corrected chi connectivity index (χ4v) is 2.96. The zero-order valence-electron chi connectivity index (χ0n) is 10.9. The minimum Gasteiger partial charge on any atom is -0.350 e. The van der Waals surface area contributed by atoms with Crippen LogP contribution in [0.1, 0.15) is 29.5 Å². The van der Waals surface area contributed by atoms with E-state index in [0.29, 0.717) is 0 Å². The van der Waals surface area contributed by atoms with Gasteiger partial charge in [-0.05, 0) is 43.4 Å². The van der Waals surface area contributed by atoms with Gasteiger partial charge in [0.15, 0.2) is 0 Å². The van der Waals surface area contributed by atoms with Gasteiger partial charge < -0.3 is 10.3 Å². The minimum atomic E-state index is 0.279. The third kappa shape index (κ3) is 1.37. The Labute approximate surface area is 102 Å². The molecule has 3 rings (SSSR count). The fourth-order valence-electron chi connectivity index (χ4n) is 2.96.